The Morgan fingerprint density at radius 3 is 2.29 bits per heavy atom. The van der Waals surface area contributed by atoms with Crippen LogP contribution in [0.5, 0.6) is 0 Å². The monoisotopic (exact) mass is 311 g/mol. The van der Waals surface area contributed by atoms with Gasteiger partial charge in [-0.15, -0.1) is 0 Å². The van der Waals surface area contributed by atoms with Gasteiger partial charge < -0.3 is 5.11 Å². The molecule has 1 aliphatic carbocycles. The molecule has 1 aliphatic rings. The van der Waals surface area contributed by atoms with Crippen LogP contribution in [-0.4, -0.2) is 19.6 Å². The second kappa shape index (κ2) is 5.07. The van der Waals surface area contributed by atoms with Crippen molar-refractivity contribution in [3.05, 3.63) is 29.8 Å². The van der Waals surface area contributed by atoms with Gasteiger partial charge in [0.15, 0.2) is 0 Å². The second-order valence-electron chi connectivity index (χ2n) is 6.99. The number of benzene rings is 1. The van der Waals surface area contributed by atoms with Crippen molar-refractivity contribution in [3.63, 3.8) is 0 Å². The molecule has 21 heavy (non-hydrogen) atoms. The summed E-state index contributed by atoms with van der Waals surface area (Å²) in [7, 11) is -3.56. The molecule has 4 nitrogen and oxygen atoms in total. The average molecular weight is 311 g/mol. The zero-order valence-electron chi connectivity index (χ0n) is 13.3. The molecule has 1 atom stereocenters. The zero-order chi connectivity index (χ0) is 16.1. The van der Waals surface area contributed by atoms with Gasteiger partial charge in [0.1, 0.15) is 0 Å². The third kappa shape index (κ3) is 2.74. The Kier molecular flexibility index (Phi) is 3.98. The van der Waals surface area contributed by atoms with E-state index < -0.39 is 16.1 Å². The summed E-state index contributed by atoms with van der Waals surface area (Å²) in [6.45, 7) is 10.1. The quantitative estimate of drug-likeness (QED) is 0.878. The van der Waals surface area contributed by atoms with Crippen molar-refractivity contribution in [2.24, 2.45) is 10.8 Å². The number of nitrogens with one attached hydrogen (secondary N) is 1. The van der Waals surface area contributed by atoms with Gasteiger partial charge in [-0.1, -0.05) is 46.8 Å². The van der Waals surface area contributed by atoms with E-state index in [4.69, 9.17) is 0 Å². The predicted molar refractivity (Wildman–Crippen MR) is 83.4 cm³/mol. The van der Waals surface area contributed by atoms with E-state index in [1.54, 1.807) is 24.3 Å². The zero-order valence-corrected chi connectivity index (χ0v) is 14.2. The lowest BCUT2D eigenvalue weighted by molar-refractivity contribution is 0.173. The second-order valence-corrected chi connectivity index (χ2v) is 8.71. The smallest absolute Gasteiger partial charge is 0.240 e. The molecule has 0 spiro atoms. The summed E-state index contributed by atoms with van der Waals surface area (Å²) in [5.74, 6) is 0. The van der Waals surface area contributed by atoms with E-state index in [1.165, 1.54) is 0 Å². The summed E-state index contributed by atoms with van der Waals surface area (Å²) < 4.78 is 27.9. The van der Waals surface area contributed by atoms with Crippen molar-refractivity contribution in [2.75, 3.05) is 0 Å². The van der Waals surface area contributed by atoms with Gasteiger partial charge in [-0.2, -0.15) is 0 Å². The first-order valence-electron chi connectivity index (χ1n) is 7.34. The molecule has 0 aromatic heterocycles. The van der Waals surface area contributed by atoms with Crippen LogP contribution in [-0.2, 0) is 10.0 Å². The van der Waals surface area contributed by atoms with Crippen molar-refractivity contribution in [2.45, 2.75) is 58.1 Å². The molecule has 1 saturated carbocycles. The Morgan fingerprint density at radius 1 is 1.24 bits per heavy atom. The third-order valence-corrected chi connectivity index (χ3v) is 6.65. The maximum atomic E-state index is 12.5. The minimum atomic E-state index is -3.56. The molecule has 0 radical (unpaired) electrons. The minimum absolute atomic E-state index is 0.0549. The lowest BCUT2D eigenvalue weighted by Crippen LogP contribution is -2.30. The first kappa shape index (κ1) is 16.5. The molecule has 2 rings (SSSR count). The normalized spacial score (nSPS) is 22.0. The lowest BCUT2D eigenvalue weighted by Gasteiger charge is -2.12. The highest BCUT2D eigenvalue weighted by Crippen LogP contribution is 2.62. The van der Waals surface area contributed by atoms with E-state index in [1.807, 2.05) is 6.92 Å². The van der Waals surface area contributed by atoms with Crippen molar-refractivity contribution < 1.29 is 13.5 Å². The fourth-order valence-electron chi connectivity index (χ4n) is 2.84. The van der Waals surface area contributed by atoms with Gasteiger partial charge in [-0.05, 0) is 34.9 Å². The van der Waals surface area contributed by atoms with E-state index in [0.29, 0.717) is 12.0 Å². The van der Waals surface area contributed by atoms with Crippen LogP contribution in [0.15, 0.2) is 29.2 Å². The Bertz CT molecular complexity index is 621. The topological polar surface area (TPSA) is 66.4 Å². The maximum Gasteiger partial charge on any atom is 0.240 e. The summed E-state index contributed by atoms with van der Waals surface area (Å²) in [6, 6.07) is 6.47. The minimum Gasteiger partial charge on any atom is -0.388 e. The fraction of sp³-hybridized carbons (Fsp3) is 0.625. The van der Waals surface area contributed by atoms with Gasteiger partial charge >= 0.3 is 0 Å². The third-order valence-electron chi connectivity index (χ3n) is 5.23. The number of aliphatic hydroxyl groups is 1. The first-order valence-corrected chi connectivity index (χ1v) is 8.82. The Hall–Kier alpha value is -0.910. The number of aliphatic hydroxyl groups excluding tert-OH is 1. The van der Waals surface area contributed by atoms with Gasteiger partial charge in [0, 0.05) is 6.04 Å². The Morgan fingerprint density at radius 2 is 1.81 bits per heavy atom. The van der Waals surface area contributed by atoms with E-state index >= 15 is 0 Å². The molecule has 1 fully saturated rings. The largest absolute Gasteiger partial charge is 0.388 e. The molecule has 0 aliphatic heterocycles. The van der Waals surface area contributed by atoms with E-state index in [0.717, 1.165) is 0 Å². The van der Waals surface area contributed by atoms with Crippen LogP contribution in [0, 0.1) is 10.8 Å². The van der Waals surface area contributed by atoms with E-state index in [2.05, 4.69) is 32.4 Å². The summed E-state index contributed by atoms with van der Waals surface area (Å²) in [4.78, 5) is 0.214. The molecule has 1 unspecified atom stereocenters. The summed E-state index contributed by atoms with van der Waals surface area (Å²) in [6.07, 6.45) is -0.0754. The van der Waals surface area contributed by atoms with Crippen molar-refractivity contribution in [1.29, 1.82) is 0 Å². The standard InChI is InChI=1S/C16H25NO3S/c1-6-13(18)11-8-7-9-12(10-11)21(19,20)17-14-15(2,3)16(14,4)5/h7-10,13-14,17-18H,6H2,1-5H3. The molecule has 0 heterocycles. The highest BCUT2D eigenvalue weighted by molar-refractivity contribution is 7.89. The van der Waals surface area contributed by atoms with Gasteiger partial charge in [0.05, 0.1) is 11.0 Å². The molecule has 118 valence electrons. The molecule has 0 saturated heterocycles. The van der Waals surface area contributed by atoms with Crippen LogP contribution < -0.4 is 4.72 Å². The first-order chi connectivity index (χ1) is 9.54. The van der Waals surface area contributed by atoms with Crippen LogP contribution in [0.25, 0.3) is 0 Å². The SMILES string of the molecule is CCC(O)c1cccc(S(=O)(=O)NC2C(C)(C)C2(C)C)c1. The summed E-state index contributed by atoms with van der Waals surface area (Å²) >= 11 is 0. The van der Waals surface area contributed by atoms with E-state index in [-0.39, 0.29) is 21.8 Å². The molecular formula is C16H25NO3S. The molecule has 2 N–H and O–H groups in total. The van der Waals surface area contributed by atoms with Crippen LogP contribution in [0.4, 0.5) is 0 Å². The number of sulfonamides is 1. The van der Waals surface area contributed by atoms with Crippen molar-refractivity contribution in [3.8, 4) is 0 Å². The number of rotatable bonds is 5. The van der Waals surface area contributed by atoms with E-state index in [9.17, 15) is 13.5 Å². The molecule has 1 aromatic rings. The van der Waals surface area contributed by atoms with Gasteiger partial charge in [-0.25, -0.2) is 13.1 Å². The lowest BCUT2D eigenvalue weighted by atomic mass is 10.0. The fourth-order valence-corrected chi connectivity index (χ4v) is 4.42. The molecule has 0 bridgehead atoms. The average Bonchev–Trinajstić information content (AvgIpc) is 2.80. The molecule has 5 heteroatoms. The predicted octanol–water partition coefficient (Wildman–Crippen LogP) is 2.84. The Balaban J connectivity index is 2.26. The van der Waals surface area contributed by atoms with Crippen LogP contribution >= 0.6 is 0 Å². The number of hydrogen-bond acceptors (Lipinski definition) is 3. The van der Waals surface area contributed by atoms with Gasteiger partial charge in [-0.3, -0.25) is 0 Å². The molecular weight excluding hydrogens is 286 g/mol. The van der Waals surface area contributed by atoms with Crippen molar-refractivity contribution >= 4 is 10.0 Å². The maximum absolute atomic E-state index is 12.5. The van der Waals surface area contributed by atoms with Crippen molar-refractivity contribution in [1.82, 2.24) is 4.72 Å². The van der Waals surface area contributed by atoms with Crippen LogP contribution in [0.1, 0.15) is 52.7 Å². The van der Waals surface area contributed by atoms with Crippen LogP contribution in [0.2, 0.25) is 0 Å². The highest BCUT2D eigenvalue weighted by atomic mass is 32.2. The van der Waals surface area contributed by atoms with Gasteiger partial charge in [0.25, 0.3) is 0 Å². The summed E-state index contributed by atoms with van der Waals surface area (Å²) in [5.41, 5.74) is 0.524. The molecule has 1 aromatic carbocycles. The Labute approximate surface area is 127 Å². The van der Waals surface area contributed by atoms with Crippen LogP contribution in [0.3, 0.4) is 0 Å². The number of hydrogen-bond donors (Lipinski definition) is 2. The highest BCUT2D eigenvalue weighted by Gasteiger charge is 2.66. The van der Waals surface area contributed by atoms with Gasteiger partial charge in [0.2, 0.25) is 10.0 Å². The molecule has 0 amide bonds. The summed E-state index contributed by atoms with van der Waals surface area (Å²) in [5, 5.41) is 9.86.